The van der Waals surface area contributed by atoms with Crippen LogP contribution >= 0.6 is 11.8 Å². The van der Waals surface area contributed by atoms with Crippen LogP contribution in [0.2, 0.25) is 0 Å². The van der Waals surface area contributed by atoms with Crippen molar-refractivity contribution in [2.75, 3.05) is 0 Å². The molecule has 122 valence electrons. The van der Waals surface area contributed by atoms with Gasteiger partial charge in [0.25, 0.3) is 0 Å². The van der Waals surface area contributed by atoms with Crippen LogP contribution in [0.4, 0.5) is 0 Å². The van der Waals surface area contributed by atoms with Crippen LogP contribution < -0.4 is 4.74 Å². The molecule has 1 N–H and O–H groups in total. The number of ketones is 1. The van der Waals surface area contributed by atoms with Gasteiger partial charge in [-0.25, -0.2) is 0 Å². The number of phenols is 1. The van der Waals surface area contributed by atoms with Crippen molar-refractivity contribution in [3.8, 4) is 11.5 Å². The second kappa shape index (κ2) is 6.95. The number of aromatic hydroxyl groups is 1. The summed E-state index contributed by atoms with van der Waals surface area (Å²) in [6, 6.07) is 3.59. The van der Waals surface area contributed by atoms with Gasteiger partial charge in [-0.15, -0.1) is 11.8 Å². The van der Waals surface area contributed by atoms with Crippen molar-refractivity contribution in [2.24, 2.45) is 0 Å². The number of carbonyl (C=O) groups is 1. The maximum atomic E-state index is 12.2. The number of ether oxygens (including phenoxy) is 1. The molecular formula is C18H26O3S. The van der Waals surface area contributed by atoms with E-state index in [9.17, 15) is 9.90 Å². The molecule has 1 aliphatic heterocycles. The van der Waals surface area contributed by atoms with E-state index in [1.165, 1.54) is 19.3 Å². The molecule has 4 heteroatoms. The zero-order valence-electron chi connectivity index (χ0n) is 13.9. The molecule has 1 aromatic carbocycles. The van der Waals surface area contributed by atoms with Crippen molar-refractivity contribution in [1.82, 2.24) is 0 Å². The topological polar surface area (TPSA) is 46.5 Å². The number of phenolic OH excluding ortho intramolecular Hbond substituents is 1. The molecule has 0 bridgehead atoms. The average Bonchev–Trinajstić information content (AvgIpc) is 2.36. The lowest BCUT2D eigenvalue weighted by Crippen LogP contribution is -2.35. The van der Waals surface area contributed by atoms with E-state index in [0.29, 0.717) is 23.0 Å². The number of rotatable bonds is 6. The van der Waals surface area contributed by atoms with Gasteiger partial charge in [0.15, 0.2) is 5.78 Å². The predicted molar refractivity (Wildman–Crippen MR) is 91.2 cm³/mol. The molecule has 1 atom stereocenters. The Morgan fingerprint density at radius 3 is 2.77 bits per heavy atom. The van der Waals surface area contributed by atoms with E-state index in [4.69, 9.17) is 4.74 Å². The molecule has 1 aliphatic rings. The highest BCUT2D eigenvalue weighted by atomic mass is 32.2. The molecule has 0 fully saturated rings. The zero-order valence-corrected chi connectivity index (χ0v) is 14.8. The fourth-order valence-corrected chi connectivity index (χ4v) is 3.89. The first-order valence-electron chi connectivity index (χ1n) is 8.08. The van der Waals surface area contributed by atoms with Crippen molar-refractivity contribution in [3.05, 3.63) is 17.7 Å². The number of fused-ring (bicyclic) bond motifs is 1. The highest BCUT2D eigenvalue weighted by Crippen LogP contribution is 2.42. The van der Waals surface area contributed by atoms with Crippen LogP contribution in [0.25, 0.3) is 0 Å². The van der Waals surface area contributed by atoms with Crippen LogP contribution in [-0.2, 0) is 0 Å². The third-order valence-electron chi connectivity index (χ3n) is 3.86. The molecule has 3 nitrogen and oxygen atoms in total. The molecule has 0 spiro atoms. The van der Waals surface area contributed by atoms with Crippen molar-refractivity contribution in [3.63, 3.8) is 0 Å². The third kappa shape index (κ3) is 4.19. The van der Waals surface area contributed by atoms with Gasteiger partial charge in [-0.1, -0.05) is 33.1 Å². The molecule has 0 aromatic heterocycles. The number of thioether (sulfide) groups is 1. The van der Waals surface area contributed by atoms with Gasteiger partial charge in [0, 0.05) is 10.1 Å². The van der Waals surface area contributed by atoms with Crippen LogP contribution in [0, 0.1) is 0 Å². The lowest BCUT2D eigenvalue weighted by molar-refractivity contribution is 0.0613. The molecule has 1 heterocycles. The molecule has 0 saturated heterocycles. The highest BCUT2D eigenvalue weighted by Gasteiger charge is 2.34. The van der Waals surface area contributed by atoms with E-state index >= 15 is 0 Å². The van der Waals surface area contributed by atoms with Crippen molar-refractivity contribution < 1.29 is 14.6 Å². The second-order valence-electron chi connectivity index (χ2n) is 6.70. The van der Waals surface area contributed by atoms with Crippen LogP contribution in [0.5, 0.6) is 11.5 Å². The van der Waals surface area contributed by atoms with E-state index in [1.54, 1.807) is 17.8 Å². The van der Waals surface area contributed by atoms with Crippen LogP contribution in [0.1, 0.15) is 70.2 Å². The summed E-state index contributed by atoms with van der Waals surface area (Å²) in [4.78, 5) is 13.1. The van der Waals surface area contributed by atoms with E-state index in [1.807, 2.05) is 19.9 Å². The fraction of sp³-hybridized carbons (Fsp3) is 0.611. The van der Waals surface area contributed by atoms with Crippen LogP contribution in [-0.4, -0.2) is 21.7 Å². The van der Waals surface area contributed by atoms with Gasteiger partial charge in [-0.3, -0.25) is 4.79 Å². The number of hydrogen-bond acceptors (Lipinski definition) is 4. The van der Waals surface area contributed by atoms with Gasteiger partial charge in [0.1, 0.15) is 22.7 Å². The zero-order chi connectivity index (χ0) is 16.3. The van der Waals surface area contributed by atoms with Gasteiger partial charge < -0.3 is 9.84 Å². The van der Waals surface area contributed by atoms with Gasteiger partial charge in [-0.2, -0.15) is 0 Å². The Morgan fingerprint density at radius 1 is 1.36 bits per heavy atom. The van der Waals surface area contributed by atoms with E-state index in [0.717, 1.165) is 11.3 Å². The predicted octanol–water partition coefficient (Wildman–Crippen LogP) is 5.20. The van der Waals surface area contributed by atoms with Gasteiger partial charge >= 0.3 is 0 Å². The standard InChI is InChI=1S/C18H26O3S/c1-5-6-7-8-12(2)22-13-9-14(19)17-15(20)11-18(3,4)21-16(17)10-13/h9-10,12,19H,5-8,11H2,1-4H3. The summed E-state index contributed by atoms with van der Waals surface area (Å²) >= 11 is 1.73. The molecule has 0 aliphatic carbocycles. The first kappa shape index (κ1) is 17.2. The first-order chi connectivity index (χ1) is 10.3. The Hall–Kier alpha value is -1.16. The summed E-state index contributed by atoms with van der Waals surface area (Å²) in [5.74, 6) is 0.516. The molecule has 1 unspecified atom stereocenters. The number of unbranched alkanes of at least 4 members (excludes halogenated alkanes) is 2. The number of carbonyl (C=O) groups excluding carboxylic acids is 1. The minimum Gasteiger partial charge on any atom is -0.507 e. The number of hydrogen-bond donors (Lipinski definition) is 1. The second-order valence-corrected chi connectivity index (χ2v) is 8.21. The molecule has 2 rings (SSSR count). The van der Waals surface area contributed by atoms with Crippen molar-refractivity contribution >= 4 is 17.5 Å². The molecule has 0 radical (unpaired) electrons. The summed E-state index contributed by atoms with van der Waals surface area (Å²) in [6.07, 6.45) is 5.16. The van der Waals surface area contributed by atoms with Crippen LogP contribution in [0.15, 0.2) is 17.0 Å². The van der Waals surface area contributed by atoms with Crippen molar-refractivity contribution in [1.29, 1.82) is 0 Å². The monoisotopic (exact) mass is 322 g/mol. The SMILES string of the molecule is CCCCCC(C)Sc1cc(O)c2c(c1)OC(C)(C)CC2=O. The number of benzene rings is 1. The number of Topliss-reactive ketones (excluding diaryl/α,β-unsaturated/α-hetero) is 1. The molecule has 0 saturated carbocycles. The van der Waals surface area contributed by atoms with Crippen molar-refractivity contribution in [2.45, 2.75) is 75.5 Å². The van der Waals surface area contributed by atoms with E-state index < -0.39 is 5.60 Å². The molecule has 22 heavy (non-hydrogen) atoms. The quantitative estimate of drug-likeness (QED) is 0.578. The minimum atomic E-state index is -0.507. The van der Waals surface area contributed by atoms with Gasteiger partial charge in [0.05, 0.1) is 6.42 Å². The fourth-order valence-electron chi connectivity index (χ4n) is 2.79. The van der Waals surface area contributed by atoms with Gasteiger partial charge in [-0.05, 0) is 32.4 Å². The smallest absolute Gasteiger partial charge is 0.174 e. The molecule has 1 aromatic rings. The normalized spacial score (nSPS) is 17.7. The summed E-state index contributed by atoms with van der Waals surface area (Å²) in [7, 11) is 0. The summed E-state index contributed by atoms with van der Waals surface area (Å²) in [6.45, 7) is 8.21. The van der Waals surface area contributed by atoms with E-state index in [2.05, 4.69) is 13.8 Å². The summed E-state index contributed by atoms with van der Waals surface area (Å²) < 4.78 is 5.90. The molecular weight excluding hydrogens is 296 g/mol. The Bertz CT molecular complexity index is 552. The minimum absolute atomic E-state index is 0.0428. The third-order valence-corrected chi connectivity index (χ3v) is 5.00. The summed E-state index contributed by atoms with van der Waals surface area (Å²) in [5, 5.41) is 10.7. The maximum absolute atomic E-state index is 12.2. The first-order valence-corrected chi connectivity index (χ1v) is 8.96. The maximum Gasteiger partial charge on any atom is 0.174 e. The lowest BCUT2D eigenvalue weighted by atomic mass is 9.92. The largest absolute Gasteiger partial charge is 0.507 e. The highest BCUT2D eigenvalue weighted by molar-refractivity contribution is 8.00. The van der Waals surface area contributed by atoms with E-state index in [-0.39, 0.29) is 11.5 Å². The Balaban J connectivity index is 2.15. The lowest BCUT2D eigenvalue weighted by Gasteiger charge is -2.32. The Morgan fingerprint density at radius 2 is 2.09 bits per heavy atom. The molecule has 0 amide bonds. The Labute approximate surface area is 137 Å². The average molecular weight is 322 g/mol. The summed E-state index contributed by atoms with van der Waals surface area (Å²) in [5.41, 5.74) is -0.172. The van der Waals surface area contributed by atoms with Gasteiger partial charge in [0.2, 0.25) is 0 Å². The Kier molecular flexibility index (Phi) is 5.43. The van der Waals surface area contributed by atoms with Crippen LogP contribution in [0.3, 0.4) is 0 Å².